The van der Waals surface area contributed by atoms with E-state index in [1.165, 1.54) is 24.3 Å². The summed E-state index contributed by atoms with van der Waals surface area (Å²) in [5, 5.41) is 13.9. The van der Waals surface area contributed by atoms with E-state index in [2.05, 4.69) is 5.32 Å². The first-order valence-corrected chi connectivity index (χ1v) is 5.97. The van der Waals surface area contributed by atoms with Crippen LogP contribution in [0.1, 0.15) is 5.56 Å². The van der Waals surface area contributed by atoms with E-state index in [9.17, 15) is 18.9 Å². The summed E-state index contributed by atoms with van der Waals surface area (Å²) in [6, 6.07) is 7.60. The van der Waals surface area contributed by atoms with Gasteiger partial charge in [-0.15, -0.1) is 0 Å². The Morgan fingerprint density at radius 2 is 1.95 bits per heavy atom. The first-order chi connectivity index (χ1) is 9.49. The topological polar surface area (TPSA) is 55.2 Å². The lowest BCUT2D eigenvalue weighted by Gasteiger charge is -2.09. The van der Waals surface area contributed by atoms with Crippen LogP contribution < -0.4 is 5.32 Å². The Balaban J connectivity index is 2.22. The lowest BCUT2D eigenvalue weighted by Crippen LogP contribution is -2.04. The number of hydrogen-bond acceptors (Lipinski definition) is 3. The van der Waals surface area contributed by atoms with Gasteiger partial charge in [-0.05, 0) is 18.2 Å². The summed E-state index contributed by atoms with van der Waals surface area (Å²) in [6.45, 7) is 0.0288. The van der Waals surface area contributed by atoms with Gasteiger partial charge in [0.15, 0.2) is 11.6 Å². The van der Waals surface area contributed by atoms with Gasteiger partial charge in [0.1, 0.15) is 0 Å². The van der Waals surface area contributed by atoms with Crippen molar-refractivity contribution in [2.75, 3.05) is 5.32 Å². The third-order valence-corrected chi connectivity index (χ3v) is 3.03. The minimum absolute atomic E-state index is 0.0288. The van der Waals surface area contributed by atoms with Gasteiger partial charge < -0.3 is 5.32 Å². The SMILES string of the molecule is O=[N+]([O-])c1cccc(Cl)c1CNc1ccc(F)c(F)c1. The zero-order valence-corrected chi connectivity index (χ0v) is 10.8. The second-order valence-corrected chi connectivity index (χ2v) is 4.38. The van der Waals surface area contributed by atoms with Gasteiger partial charge in [0.25, 0.3) is 5.69 Å². The number of nitrogens with one attached hydrogen (secondary N) is 1. The summed E-state index contributed by atoms with van der Waals surface area (Å²) in [5.74, 6) is -1.96. The highest BCUT2D eigenvalue weighted by Crippen LogP contribution is 2.27. The molecule has 0 spiro atoms. The number of benzene rings is 2. The summed E-state index contributed by atoms with van der Waals surface area (Å²) in [7, 11) is 0. The van der Waals surface area contributed by atoms with E-state index in [0.29, 0.717) is 5.69 Å². The van der Waals surface area contributed by atoms with Crippen molar-refractivity contribution in [3.05, 3.63) is 68.7 Å². The molecular weight excluding hydrogens is 290 g/mol. The molecule has 0 aliphatic carbocycles. The number of halogens is 3. The molecule has 0 atom stereocenters. The van der Waals surface area contributed by atoms with Crippen LogP contribution in [0.15, 0.2) is 36.4 Å². The van der Waals surface area contributed by atoms with Crippen LogP contribution in [0, 0.1) is 21.7 Å². The van der Waals surface area contributed by atoms with Crippen LogP contribution in [0.5, 0.6) is 0 Å². The van der Waals surface area contributed by atoms with Crippen LogP contribution in [-0.4, -0.2) is 4.92 Å². The molecule has 0 aromatic heterocycles. The maximum Gasteiger partial charge on any atom is 0.275 e. The summed E-state index contributed by atoms with van der Waals surface area (Å²) in [4.78, 5) is 10.3. The molecule has 1 N–H and O–H groups in total. The molecule has 7 heteroatoms. The number of nitro groups is 1. The van der Waals surface area contributed by atoms with Crippen molar-refractivity contribution < 1.29 is 13.7 Å². The van der Waals surface area contributed by atoms with Crippen LogP contribution in [-0.2, 0) is 6.54 Å². The minimum Gasteiger partial charge on any atom is -0.381 e. The standard InChI is InChI=1S/C13H9ClF2N2O2/c14-10-2-1-3-13(18(19)20)9(10)7-17-8-4-5-11(15)12(16)6-8/h1-6,17H,7H2. The molecule has 0 unspecified atom stereocenters. The van der Waals surface area contributed by atoms with Crippen molar-refractivity contribution in [2.45, 2.75) is 6.54 Å². The molecule has 0 aliphatic heterocycles. The molecule has 0 saturated heterocycles. The summed E-state index contributed by atoms with van der Waals surface area (Å²) in [6.07, 6.45) is 0. The Bertz CT molecular complexity index is 665. The van der Waals surface area contributed by atoms with Gasteiger partial charge in [0.2, 0.25) is 0 Å². The summed E-state index contributed by atoms with van der Waals surface area (Å²) in [5.41, 5.74) is 0.453. The zero-order chi connectivity index (χ0) is 14.7. The van der Waals surface area contributed by atoms with Crippen LogP contribution in [0.4, 0.5) is 20.2 Å². The third-order valence-electron chi connectivity index (χ3n) is 2.68. The lowest BCUT2D eigenvalue weighted by atomic mass is 10.1. The van der Waals surface area contributed by atoms with E-state index in [4.69, 9.17) is 11.6 Å². The Kier molecular flexibility index (Phi) is 4.14. The van der Waals surface area contributed by atoms with Crippen LogP contribution in [0.2, 0.25) is 5.02 Å². The van der Waals surface area contributed by atoms with Crippen LogP contribution in [0.3, 0.4) is 0 Å². The zero-order valence-electron chi connectivity index (χ0n) is 10.1. The van der Waals surface area contributed by atoms with Crippen molar-refractivity contribution in [3.63, 3.8) is 0 Å². The molecule has 2 rings (SSSR count). The maximum absolute atomic E-state index is 13.0. The highest BCUT2D eigenvalue weighted by atomic mass is 35.5. The van der Waals surface area contributed by atoms with Gasteiger partial charge >= 0.3 is 0 Å². The smallest absolute Gasteiger partial charge is 0.275 e. The average Bonchev–Trinajstić information content (AvgIpc) is 2.40. The highest BCUT2D eigenvalue weighted by molar-refractivity contribution is 6.31. The quantitative estimate of drug-likeness (QED) is 0.682. The van der Waals surface area contributed by atoms with Gasteiger partial charge in [0, 0.05) is 24.4 Å². The van der Waals surface area contributed by atoms with Crippen LogP contribution >= 0.6 is 11.6 Å². The van der Waals surface area contributed by atoms with Gasteiger partial charge in [-0.2, -0.15) is 0 Å². The predicted octanol–water partition coefficient (Wildman–Crippen LogP) is 4.14. The third kappa shape index (κ3) is 3.03. The average molecular weight is 299 g/mol. The molecule has 0 aliphatic rings. The number of nitro benzene ring substituents is 1. The fourth-order valence-corrected chi connectivity index (χ4v) is 1.93. The maximum atomic E-state index is 13.0. The minimum atomic E-state index is -0.997. The monoisotopic (exact) mass is 298 g/mol. The first kappa shape index (κ1) is 14.2. The molecule has 20 heavy (non-hydrogen) atoms. The fraction of sp³-hybridized carbons (Fsp3) is 0.0769. The number of nitrogens with zero attached hydrogens (tertiary/aromatic N) is 1. The molecule has 0 saturated carbocycles. The second-order valence-electron chi connectivity index (χ2n) is 3.98. The van der Waals surface area contributed by atoms with E-state index in [0.717, 1.165) is 12.1 Å². The van der Waals surface area contributed by atoms with E-state index in [1.807, 2.05) is 0 Å². The molecule has 2 aromatic carbocycles. The van der Waals surface area contributed by atoms with Gasteiger partial charge in [-0.1, -0.05) is 17.7 Å². The molecule has 104 valence electrons. The van der Waals surface area contributed by atoms with E-state index < -0.39 is 16.6 Å². The van der Waals surface area contributed by atoms with E-state index in [1.54, 1.807) is 0 Å². The van der Waals surface area contributed by atoms with Gasteiger partial charge in [-0.3, -0.25) is 10.1 Å². The Morgan fingerprint density at radius 3 is 2.60 bits per heavy atom. The number of hydrogen-bond donors (Lipinski definition) is 1. The van der Waals surface area contributed by atoms with Crippen molar-refractivity contribution in [2.24, 2.45) is 0 Å². The van der Waals surface area contributed by atoms with Crippen LogP contribution in [0.25, 0.3) is 0 Å². The van der Waals surface area contributed by atoms with Crippen molar-refractivity contribution in [3.8, 4) is 0 Å². The Labute approximate surface area is 118 Å². The molecule has 0 heterocycles. The Hall–Kier alpha value is -2.21. The molecule has 2 aromatic rings. The van der Waals surface area contributed by atoms with Gasteiger partial charge in [0.05, 0.1) is 15.5 Å². The molecular formula is C13H9ClF2N2O2. The molecule has 0 fully saturated rings. The van der Waals surface area contributed by atoms with Crippen molar-refractivity contribution in [1.29, 1.82) is 0 Å². The Morgan fingerprint density at radius 1 is 1.20 bits per heavy atom. The van der Waals surface area contributed by atoms with Gasteiger partial charge in [-0.25, -0.2) is 8.78 Å². The molecule has 0 bridgehead atoms. The highest BCUT2D eigenvalue weighted by Gasteiger charge is 2.16. The molecule has 0 radical (unpaired) electrons. The second kappa shape index (κ2) is 5.83. The van der Waals surface area contributed by atoms with Crippen molar-refractivity contribution >= 4 is 23.0 Å². The normalized spacial score (nSPS) is 10.3. The predicted molar refractivity (Wildman–Crippen MR) is 71.8 cm³/mol. The lowest BCUT2D eigenvalue weighted by molar-refractivity contribution is -0.385. The van der Waals surface area contributed by atoms with E-state index >= 15 is 0 Å². The molecule has 4 nitrogen and oxygen atoms in total. The van der Waals surface area contributed by atoms with Crippen molar-refractivity contribution in [1.82, 2.24) is 0 Å². The largest absolute Gasteiger partial charge is 0.381 e. The van der Waals surface area contributed by atoms with E-state index in [-0.39, 0.29) is 22.8 Å². The summed E-state index contributed by atoms with van der Waals surface area (Å²) < 4.78 is 25.8. The first-order valence-electron chi connectivity index (χ1n) is 5.59. The number of rotatable bonds is 4. The molecule has 0 amide bonds. The number of anilines is 1. The summed E-state index contributed by atoms with van der Waals surface area (Å²) >= 11 is 5.92. The fourth-order valence-electron chi connectivity index (χ4n) is 1.69.